The molecule has 1 aliphatic carbocycles. The molecule has 1 aliphatic rings. The van der Waals surface area contributed by atoms with Crippen LogP contribution < -0.4 is 4.43 Å². The van der Waals surface area contributed by atoms with Gasteiger partial charge < -0.3 is 4.43 Å². The molecule has 0 amide bonds. The first-order valence-electron chi connectivity index (χ1n) is 6.39. The van der Waals surface area contributed by atoms with Crippen LogP contribution in [0.25, 0.3) is 4.48 Å². The summed E-state index contributed by atoms with van der Waals surface area (Å²) in [6.45, 7) is 11.4. The van der Waals surface area contributed by atoms with E-state index in [0.29, 0.717) is 0 Å². The van der Waals surface area contributed by atoms with Gasteiger partial charge >= 0.3 is 0 Å². The predicted molar refractivity (Wildman–Crippen MR) is 84.9 cm³/mol. The number of hydrogen-bond donors (Lipinski definition) is 0. The van der Waals surface area contributed by atoms with Gasteiger partial charge in [-0.3, -0.25) is 0 Å². The maximum atomic E-state index is 6.33. The molecule has 0 unspecified atom stereocenters. The van der Waals surface area contributed by atoms with Crippen LogP contribution in [0.5, 0.6) is 5.75 Å². The fourth-order valence-electron chi connectivity index (χ4n) is 1.79. The summed E-state index contributed by atoms with van der Waals surface area (Å²) in [5.41, 5.74) is 2.66. The molecule has 0 heterocycles. The van der Waals surface area contributed by atoms with E-state index in [1.54, 1.807) is 0 Å². The summed E-state index contributed by atoms with van der Waals surface area (Å²) in [6.07, 6.45) is 3.21. The van der Waals surface area contributed by atoms with Crippen molar-refractivity contribution < 1.29 is 4.43 Å². The predicted octanol–water partition coefficient (Wildman–Crippen LogP) is 5.36. The second-order valence-corrected chi connectivity index (χ2v) is 12.0. The normalized spacial score (nSPS) is 15.3. The van der Waals surface area contributed by atoms with Gasteiger partial charge in [0.2, 0.25) is 8.32 Å². The van der Waals surface area contributed by atoms with Gasteiger partial charge in [-0.2, -0.15) is 0 Å². The first kappa shape index (κ1) is 13.9. The maximum absolute atomic E-state index is 6.33. The van der Waals surface area contributed by atoms with Gasteiger partial charge in [0, 0.05) is 4.48 Å². The van der Waals surface area contributed by atoms with E-state index in [2.05, 4.69) is 74.1 Å². The minimum absolute atomic E-state index is 0.241. The van der Waals surface area contributed by atoms with E-state index < -0.39 is 8.32 Å². The third-order valence-corrected chi connectivity index (χ3v) is 9.12. The summed E-state index contributed by atoms with van der Waals surface area (Å²) in [7, 11) is -1.72. The quantitative estimate of drug-likeness (QED) is 0.665. The number of fused-ring (bicyclic) bond motifs is 1. The fraction of sp³-hybridized carbons (Fsp3) is 0.467. The average Bonchev–Trinajstić information content (AvgIpc) is 2.58. The maximum Gasteiger partial charge on any atom is 0.250 e. The van der Waals surface area contributed by atoms with Gasteiger partial charge in [-0.15, -0.1) is 0 Å². The van der Waals surface area contributed by atoms with Crippen molar-refractivity contribution >= 4 is 28.7 Å². The summed E-state index contributed by atoms with van der Waals surface area (Å²) in [5.74, 6) is 1.02. The van der Waals surface area contributed by atoms with Crippen LogP contribution in [0.15, 0.2) is 24.3 Å². The summed E-state index contributed by atoms with van der Waals surface area (Å²) in [6, 6.07) is 6.45. The van der Waals surface area contributed by atoms with Crippen LogP contribution in [0.4, 0.5) is 0 Å². The molecule has 1 nitrogen and oxygen atoms in total. The van der Waals surface area contributed by atoms with Crippen LogP contribution in [0.3, 0.4) is 0 Å². The molecule has 1 aromatic carbocycles. The van der Waals surface area contributed by atoms with Gasteiger partial charge in [0.05, 0.1) is 0 Å². The van der Waals surface area contributed by atoms with Crippen LogP contribution in [0.1, 0.15) is 31.9 Å². The molecular weight excluding hydrogens is 304 g/mol. The van der Waals surface area contributed by atoms with Crippen LogP contribution in [-0.2, 0) is 6.42 Å². The second-order valence-electron chi connectivity index (χ2n) is 6.44. The molecule has 0 aromatic heterocycles. The van der Waals surface area contributed by atoms with E-state index >= 15 is 0 Å². The molecule has 3 heteroatoms. The van der Waals surface area contributed by atoms with Crippen LogP contribution in [0.2, 0.25) is 18.1 Å². The number of benzene rings is 1. The summed E-state index contributed by atoms with van der Waals surface area (Å²) >= 11 is 3.58. The number of hydrogen-bond acceptors (Lipinski definition) is 1. The Morgan fingerprint density at radius 3 is 2.50 bits per heavy atom. The Morgan fingerprint density at radius 2 is 1.89 bits per heavy atom. The Morgan fingerprint density at radius 1 is 1.22 bits per heavy atom. The number of rotatable bonds is 2. The third kappa shape index (κ3) is 2.57. The van der Waals surface area contributed by atoms with Gasteiger partial charge in [-0.05, 0) is 53.9 Å². The molecule has 2 rings (SSSR count). The molecule has 0 fully saturated rings. The minimum Gasteiger partial charge on any atom is -0.543 e. The molecule has 0 atom stereocenters. The van der Waals surface area contributed by atoms with Crippen molar-refractivity contribution in [2.75, 3.05) is 0 Å². The zero-order chi connectivity index (χ0) is 13.6. The minimum atomic E-state index is -1.72. The Labute approximate surface area is 120 Å². The Hall–Kier alpha value is -0.543. The lowest BCUT2D eigenvalue weighted by molar-refractivity contribution is 0.492. The molecule has 0 aliphatic heterocycles. The van der Waals surface area contributed by atoms with E-state index in [9.17, 15) is 0 Å². The van der Waals surface area contributed by atoms with E-state index in [-0.39, 0.29) is 5.04 Å². The average molecular weight is 325 g/mol. The van der Waals surface area contributed by atoms with Crippen molar-refractivity contribution in [2.24, 2.45) is 0 Å². The van der Waals surface area contributed by atoms with Crippen molar-refractivity contribution in [1.29, 1.82) is 0 Å². The van der Waals surface area contributed by atoms with Crippen molar-refractivity contribution in [3.63, 3.8) is 0 Å². The molecule has 1 aromatic rings. The molecule has 18 heavy (non-hydrogen) atoms. The lowest BCUT2D eigenvalue weighted by Gasteiger charge is -2.36. The molecule has 0 spiro atoms. The SMILES string of the molecule is CC(C)(C)[Si](C)(C)Oc1ccc2c(c1)CC=C2Br. The molecule has 0 N–H and O–H groups in total. The first-order valence-corrected chi connectivity index (χ1v) is 10.1. The van der Waals surface area contributed by atoms with Gasteiger partial charge in [0.15, 0.2) is 0 Å². The molecule has 0 bridgehead atoms. The fourth-order valence-corrected chi connectivity index (χ4v) is 3.36. The van der Waals surface area contributed by atoms with Gasteiger partial charge in [0.1, 0.15) is 5.75 Å². The molecule has 0 radical (unpaired) electrons. The topological polar surface area (TPSA) is 9.23 Å². The van der Waals surface area contributed by atoms with Crippen molar-refractivity contribution in [3.8, 4) is 5.75 Å². The van der Waals surface area contributed by atoms with E-state index in [4.69, 9.17) is 4.43 Å². The van der Waals surface area contributed by atoms with E-state index in [0.717, 1.165) is 12.2 Å². The highest BCUT2D eigenvalue weighted by Crippen LogP contribution is 2.39. The van der Waals surface area contributed by atoms with Crippen molar-refractivity contribution in [1.82, 2.24) is 0 Å². The Bertz CT molecular complexity index is 498. The van der Waals surface area contributed by atoms with E-state index in [1.807, 2.05) is 0 Å². The molecule has 0 saturated heterocycles. The lowest BCUT2D eigenvalue weighted by atomic mass is 10.1. The van der Waals surface area contributed by atoms with E-state index in [1.165, 1.54) is 15.6 Å². The zero-order valence-corrected chi connectivity index (χ0v) is 14.4. The Balaban J connectivity index is 2.23. The summed E-state index contributed by atoms with van der Waals surface area (Å²) in [4.78, 5) is 0. The highest BCUT2D eigenvalue weighted by molar-refractivity contribution is 9.15. The van der Waals surface area contributed by atoms with Crippen LogP contribution in [-0.4, -0.2) is 8.32 Å². The third-order valence-electron chi connectivity index (χ3n) is 4.01. The van der Waals surface area contributed by atoms with Crippen LogP contribution >= 0.6 is 15.9 Å². The van der Waals surface area contributed by atoms with Gasteiger partial charge in [-0.1, -0.05) is 42.8 Å². The lowest BCUT2D eigenvalue weighted by Crippen LogP contribution is -2.43. The van der Waals surface area contributed by atoms with Crippen molar-refractivity contribution in [3.05, 3.63) is 35.4 Å². The Kier molecular flexibility index (Phi) is 3.49. The zero-order valence-electron chi connectivity index (χ0n) is 11.8. The van der Waals surface area contributed by atoms with Crippen LogP contribution in [0, 0.1) is 0 Å². The summed E-state index contributed by atoms with van der Waals surface area (Å²) in [5, 5.41) is 0.241. The highest BCUT2D eigenvalue weighted by atomic mass is 79.9. The number of halogens is 1. The number of allylic oxidation sites excluding steroid dienone is 1. The van der Waals surface area contributed by atoms with Crippen molar-refractivity contribution in [2.45, 2.75) is 45.3 Å². The van der Waals surface area contributed by atoms with Gasteiger partial charge in [-0.25, -0.2) is 0 Å². The monoisotopic (exact) mass is 324 g/mol. The molecular formula is C15H21BrOSi. The van der Waals surface area contributed by atoms with Gasteiger partial charge in [0.25, 0.3) is 0 Å². The highest BCUT2D eigenvalue weighted by Gasteiger charge is 2.39. The molecule has 98 valence electrons. The standard InChI is InChI=1S/C15H21BrOSi/c1-15(2,3)18(4,5)17-12-7-8-13-11(10-12)6-9-14(13)16/h7-10H,6H2,1-5H3. The summed E-state index contributed by atoms with van der Waals surface area (Å²) < 4.78 is 7.53. The largest absolute Gasteiger partial charge is 0.543 e. The first-order chi connectivity index (χ1) is 8.21. The second kappa shape index (κ2) is 4.53. The molecule has 0 saturated carbocycles. The smallest absolute Gasteiger partial charge is 0.250 e.